The molecule has 74 valence electrons. The molecule has 5 heteroatoms. The smallest absolute Gasteiger partial charge is 0.257 e. The molecular weight excluding hydrogens is 230 g/mol. The Hall–Kier alpha value is -1.46. The number of aromatic amines is 1. The molecule has 0 bridgehead atoms. The first-order chi connectivity index (χ1) is 7.27. The zero-order valence-corrected chi connectivity index (χ0v) is 9.08. The van der Waals surface area contributed by atoms with E-state index >= 15 is 0 Å². The van der Waals surface area contributed by atoms with Crippen LogP contribution in [0.1, 0.15) is 0 Å². The van der Waals surface area contributed by atoms with Crippen molar-refractivity contribution in [2.75, 3.05) is 0 Å². The predicted octanol–water partition coefficient (Wildman–Crippen LogP) is 2.16. The van der Waals surface area contributed by atoms with E-state index in [1.165, 1.54) is 22.7 Å². The van der Waals surface area contributed by atoms with Crippen LogP contribution in [0, 0.1) is 0 Å². The molecule has 0 aromatic carbocycles. The molecule has 0 aliphatic rings. The summed E-state index contributed by atoms with van der Waals surface area (Å²) in [5, 5.41) is 8.55. The normalized spacial score (nSPS) is 11.2. The lowest BCUT2D eigenvalue weighted by Gasteiger charge is -1.76. The Kier molecular flexibility index (Phi) is 1.77. The summed E-state index contributed by atoms with van der Waals surface area (Å²) in [4.78, 5) is 26.5. The second-order valence-corrected chi connectivity index (χ2v) is 4.67. The first-order valence-corrected chi connectivity index (χ1v) is 6.14. The summed E-state index contributed by atoms with van der Waals surface area (Å²) in [5.41, 5.74) is 0.355. The number of H-pyrrole nitrogens is 1. The van der Waals surface area contributed by atoms with Crippen molar-refractivity contribution in [1.29, 1.82) is 0 Å². The van der Waals surface area contributed by atoms with Gasteiger partial charge in [-0.2, -0.15) is 11.3 Å². The fourth-order valence-corrected chi connectivity index (χ4v) is 3.12. The van der Waals surface area contributed by atoms with E-state index in [1.807, 2.05) is 0 Å². The van der Waals surface area contributed by atoms with Crippen LogP contribution in [0.25, 0.3) is 21.7 Å². The van der Waals surface area contributed by atoms with Gasteiger partial charge in [-0.3, -0.25) is 9.59 Å². The largest absolute Gasteiger partial charge is 0.321 e. The first-order valence-electron chi connectivity index (χ1n) is 4.26. The topological polar surface area (TPSA) is 49.9 Å². The minimum atomic E-state index is -0.197. The van der Waals surface area contributed by atoms with Gasteiger partial charge < -0.3 is 4.98 Å². The maximum absolute atomic E-state index is 12.0. The second-order valence-electron chi connectivity index (χ2n) is 3.18. The monoisotopic (exact) mass is 235 g/mol. The Morgan fingerprint density at radius 1 is 0.867 bits per heavy atom. The van der Waals surface area contributed by atoms with Crippen LogP contribution in [0.15, 0.2) is 31.1 Å². The second kappa shape index (κ2) is 3.01. The molecule has 0 spiro atoms. The van der Waals surface area contributed by atoms with Gasteiger partial charge in [-0.15, -0.1) is 11.3 Å². The molecular formula is C10H5NO2S2. The average molecular weight is 235 g/mol. The molecule has 3 rings (SSSR count). The fraction of sp³-hybridized carbons (Fsp3) is 0. The Labute approximate surface area is 91.6 Å². The van der Waals surface area contributed by atoms with E-state index in [4.69, 9.17) is 0 Å². The van der Waals surface area contributed by atoms with Crippen LogP contribution in [0.3, 0.4) is 0 Å². The zero-order valence-electron chi connectivity index (χ0n) is 7.44. The van der Waals surface area contributed by atoms with Crippen LogP contribution in [-0.2, 0) is 0 Å². The third kappa shape index (κ3) is 1.17. The maximum atomic E-state index is 12.0. The highest BCUT2D eigenvalue weighted by Crippen LogP contribution is 2.16. The van der Waals surface area contributed by atoms with Crippen LogP contribution in [0.2, 0.25) is 0 Å². The van der Waals surface area contributed by atoms with Crippen LogP contribution in [0.5, 0.6) is 0 Å². The number of nitrogens with one attached hydrogen (secondary N) is 1. The standard InChI is InChI=1S/C10H5NO2S2/c12-9-5-1-14-2-6(5)10(13)11-8-4-15-3-7(8)9/h1-4H,(H,11,13). The van der Waals surface area contributed by atoms with Gasteiger partial charge in [0, 0.05) is 26.9 Å². The van der Waals surface area contributed by atoms with E-state index in [1.54, 1.807) is 21.5 Å². The van der Waals surface area contributed by atoms with E-state index in [-0.39, 0.29) is 11.0 Å². The molecule has 0 unspecified atom stereocenters. The molecule has 0 aliphatic heterocycles. The number of fused-ring (bicyclic) bond motifs is 2. The van der Waals surface area contributed by atoms with E-state index in [2.05, 4.69) is 4.98 Å². The summed E-state index contributed by atoms with van der Waals surface area (Å²) in [6.45, 7) is 0. The van der Waals surface area contributed by atoms with Crippen molar-refractivity contribution in [3.8, 4) is 0 Å². The SMILES string of the molecule is O=c1[nH]c2cscc2c(=O)c2cscc12. The van der Waals surface area contributed by atoms with E-state index in [0.29, 0.717) is 21.7 Å². The van der Waals surface area contributed by atoms with E-state index in [9.17, 15) is 9.59 Å². The van der Waals surface area contributed by atoms with Crippen LogP contribution >= 0.6 is 22.7 Å². The lowest BCUT2D eigenvalue weighted by Crippen LogP contribution is -2.00. The van der Waals surface area contributed by atoms with Gasteiger partial charge in [0.05, 0.1) is 16.3 Å². The van der Waals surface area contributed by atoms with Crippen molar-refractivity contribution in [3.05, 3.63) is 42.1 Å². The van der Waals surface area contributed by atoms with E-state index < -0.39 is 0 Å². The molecule has 0 saturated heterocycles. The molecule has 0 saturated carbocycles. The number of hydrogen-bond donors (Lipinski definition) is 1. The van der Waals surface area contributed by atoms with Gasteiger partial charge in [-0.25, -0.2) is 0 Å². The minimum absolute atomic E-state index is 0.0687. The number of thiophene rings is 2. The van der Waals surface area contributed by atoms with Crippen molar-refractivity contribution in [2.24, 2.45) is 0 Å². The highest BCUT2D eigenvalue weighted by molar-refractivity contribution is 7.09. The molecule has 3 nitrogen and oxygen atoms in total. The van der Waals surface area contributed by atoms with Gasteiger partial charge in [0.15, 0.2) is 5.43 Å². The highest BCUT2D eigenvalue weighted by Gasteiger charge is 2.06. The molecule has 3 aromatic rings. The van der Waals surface area contributed by atoms with Gasteiger partial charge in [0.2, 0.25) is 0 Å². The van der Waals surface area contributed by atoms with Crippen LogP contribution < -0.4 is 11.0 Å². The highest BCUT2D eigenvalue weighted by atomic mass is 32.1. The summed E-state index contributed by atoms with van der Waals surface area (Å²) in [7, 11) is 0. The molecule has 0 fully saturated rings. The summed E-state index contributed by atoms with van der Waals surface area (Å²) >= 11 is 2.79. The fourth-order valence-electron chi connectivity index (χ4n) is 1.55. The third-order valence-electron chi connectivity index (χ3n) is 2.31. The zero-order chi connectivity index (χ0) is 10.4. The lowest BCUT2D eigenvalue weighted by atomic mass is 10.2. The van der Waals surface area contributed by atoms with E-state index in [0.717, 1.165) is 0 Å². The number of hydrogen-bond acceptors (Lipinski definition) is 4. The van der Waals surface area contributed by atoms with Gasteiger partial charge in [0.25, 0.3) is 5.56 Å². The molecule has 0 aliphatic carbocycles. The summed E-state index contributed by atoms with van der Waals surface area (Å²) in [6.07, 6.45) is 0. The van der Waals surface area contributed by atoms with Crippen molar-refractivity contribution in [1.82, 2.24) is 4.98 Å². The number of rotatable bonds is 0. The first kappa shape index (κ1) is 8.82. The quantitative estimate of drug-likeness (QED) is 0.649. The van der Waals surface area contributed by atoms with Crippen LogP contribution in [0.4, 0.5) is 0 Å². The van der Waals surface area contributed by atoms with Gasteiger partial charge >= 0.3 is 0 Å². The third-order valence-corrected chi connectivity index (χ3v) is 3.79. The van der Waals surface area contributed by atoms with Crippen molar-refractivity contribution in [3.63, 3.8) is 0 Å². The summed E-state index contributed by atoms with van der Waals surface area (Å²) < 4.78 is 0. The predicted molar refractivity (Wildman–Crippen MR) is 64.1 cm³/mol. The van der Waals surface area contributed by atoms with Gasteiger partial charge in [0.1, 0.15) is 0 Å². The molecule has 15 heavy (non-hydrogen) atoms. The van der Waals surface area contributed by atoms with Gasteiger partial charge in [-0.1, -0.05) is 0 Å². The Bertz CT molecular complexity index is 766. The molecule has 3 aromatic heterocycles. The molecule has 0 amide bonds. The van der Waals surface area contributed by atoms with Crippen molar-refractivity contribution >= 4 is 44.3 Å². The minimum Gasteiger partial charge on any atom is -0.321 e. The Balaban J connectivity index is 2.84. The molecule has 0 radical (unpaired) electrons. The summed E-state index contributed by atoms with van der Waals surface area (Å²) in [6, 6.07) is 0. The number of aromatic nitrogens is 1. The maximum Gasteiger partial charge on any atom is 0.257 e. The Morgan fingerprint density at radius 2 is 1.53 bits per heavy atom. The van der Waals surface area contributed by atoms with Crippen molar-refractivity contribution < 1.29 is 0 Å². The Morgan fingerprint density at radius 3 is 2.40 bits per heavy atom. The van der Waals surface area contributed by atoms with Crippen LogP contribution in [-0.4, -0.2) is 4.98 Å². The summed E-state index contributed by atoms with van der Waals surface area (Å²) in [5.74, 6) is 0. The van der Waals surface area contributed by atoms with Gasteiger partial charge in [-0.05, 0) is 0 Å². The lowest BCUT2D eigenvalue weighted by molar-refractivity contribution is 1.37. The average Bonchev–Trinajstić information content (AvgIpc) is 2.82. The molecule has 1 N–H and O–H groups in total. The molecule has 3 heterocycles. The molecule has 0 atom stereocenters. The van der Waals surface area contributed by atoms with Crippen molar-refractivity contribution in [2.45, 2.75) is 0 Å².